The first-order valence-corrected chi connectivity index (χ1v) is 23.1. The molecule has 6 aromatic rings. The molecule has 0 aliphatic rings. The molecule has 0 bridgehead atoms. The van der Waals surface area contributed by atoms with E-state index in [2.05, 4.69) is 0 Å². The molecule has 396 valence electrons. The van der Waals surface area contributed by atoms with Crippen molar-refractivity contribution in [3.8, 4) is 105 Å². The van der Waals surface area contributed by atoms with E-state index in [1.54, 1.807) is 12.1 Å². The summed E-state index contributed by atoms with van der Waals surface area (Å²) in [4.78, 5) is 32.7. The predicted octanol–water partition coefficient (Wildman–Crippen LogP) is 11.3. The summed E-state index contributed by atoms with van der Waals surface area (Å²) in [5.74, 6) is -3.01. The van der Waals surface area contributed by atoms with E-state index in [0.29, 0.717) is 0 Å². The highest BCUT2D eigenvalue weighted by Crippen LogP contribution is 2.45. The van der Waals surface area contributed by atoms with Gasteiger partial charge in [0.1, 0.15) is 70.4 Å². The van der Waals surface area contributed by atoms with Gasteiger partial charge in [-0.1, -0.05) is 0 Å². The zero-order valence-electron chi connectivity index (χ0n) is 43.0. The van der Waals surface area contributed by atoms with Gasteiger partial charge in [-0.25, -0.2) is 14.4 Å². The molecule has 6 rings (SSSR count). The summed E-state index contributed by atoms with van der Waals surface area (Å²) >= 11 is 0. The van der Waals surface area contributed by atoms with Crippen LogP contribution < -0.4 is 33.2 Å². The third kappa shape index (κ3) is 15.5. The Morgan fingerprint density at radius 1 is 0.385 bits per heavy atom. The Labute approximate surface area is 447 Å². The van der Waals surface area contributed by atoms with Gasteiger partial charge in [-0.05, 0) is 128 Å². The molecular formula is C57H48N6O15. The van der Waals surface area contributed by atoms with Crippen molar-refractivity contribution in [2.75, 3.05) is 0 Å². The van der Waals surface area contributed by atoms with Gasteiger partial charge in [0.25, 0.3) is 0 Å². The quantitative estimate of drug-likeness (QED) is 0.0530. The molecule has 0 unspecified atom stereocenters. The minimum absolute atomic E-state index is 0.0276. The fourth-order valence-electron chi connectivity index (χ4n) is 6.50. The maximum absolute atomic E-state index is 11.0. The molecule has 0 spiro atoms. The van der Waals surface area contributed by atoms with Gasteiger partial charge in [-0.2, -0.15) is 31.6 Å². The number of carboxylic acids is 3. The zero-order chi connectivity index (χ0) is 58.0. The number of carbonyl (C=O) groups is 3. The number of nitriles is 6. The van der Waals surface area contributed by atoms with Crippen LogP contribution in [0.15, 0.2) is 91.0 Å². The predicted molar refractivity (Wildman–Crippen MR) is 274 cm³/mol. The van der Waals surface area contributed by atoms with Gasteiger partial charge in [0.15, 0.2) is 51.7 Å². The summed E-state index contributed by atoms with van der Waals surface area (Å²) in [6.45, 7) is 14.5. The van der Waals surface area contributed by atoms with E-state index in [1.807, 2.05) is 79.7 Å². The smallest absolute Gasteiger partial charge is 0.335 e. The van der Waals surface area contributed by atoms with Crippen LogP contribution in [0.25, 0.3) is 0 Å². The molecule has 0 atom stereocenters. The first kappa shape index (κ1) is 59.4. The highest BCUT2D eigenvalue weighted by atomic mass is 16.5. The van der Waals surface area contributed by atoms with Crippen molar-refractivity contribution in [3.63, 3.8) is 0 Å². The van der Waals surface area contributed by atoms with Gasteiger partial charge < -0.3 is 58.7 Å². The van der Waals surface area contributed by atoms with Crippen molar-refractivity contribution in [1.82, 2.24) is 0 Å². The standard InChI is InChI=1S/2C21H20N2O5.C15H8N2O5/c2*1-12(2)26-18-9-15(10-22)19(17(11-23)20(18)27-13(3)4)28-16-7-5-14(6-8-16)21(24)25;16-6-9-5-12(18)13(19)11(7-17)14(9)22-10-3-1-8(2-4-10)15(20)21/h2*5-9,12-13H,1-4H3,(H,24,25);1-5,18-19H,(H,20,21). The van der Waals surface area contributed by atoms with Crippen molar-refractivity contribution in [2.24, 2.45) is 0 Å². The van der Waals surface area contributed by atoms with Crippen LogP contribution in [0.1, 0.15) is 120 Å². The van der Waals surface area contributed by atoms with Crippen molar-refractivity contribution >= 4 is 17.9 Å². The monoisotopic (exact) mass is 1060 g/mol. The molecular weight excluding hydrogens is 1010 g/mol. The van der Waals surface area contributed by atoms with Crippen molar-refractivity contribution < 1.29 is 73.1 Å². The Morgan fingerprint density at radius 2 is 0.654 bits per heavy atom. The number of aromatic hydroxyl groups is 2. The summed E-state index contributed by atoms with van der Waals surface area (Å²) in [5.41, 5.74) is -0.0293. The van der Waals surface area contributed by atoms with Gasteiger partial charge in [0, 0.05) is 18.2 Å². The van der Waals surface area contributed by atoms with Gasteiger partial charge in [-0.3, -0.25) is 0 Å². The molecule has 0 amide bonds. The lowest BCUT2D eigenvalue weighted by atomic mass is 10.1. The first-order valence-electron chi connectivity index (χ1n) is 23.1. The molecule has 0 heterocycles. The number of ether oxygens (including phenoxy) is 7. The number of phenolic OH excluding ortho intramolecular Hbond substituents is 2. The van der Waals surface area contributed by atoms with E-state index >= 15 is 0 Å². The number of hydrogen-bond donors (Lipinski definition) is 5. The molecule has 5 N–H and O–H groups in total. The van der Waals surface area contributed by atoms with Crippen LogP contribution in [0.5, 0.6) is 69.0 Å². The second-order valence-corrected chi connectivity index (χ2v) is 17.0. The minimum Gasteiger partial charge on any atom is -0.504 e. The van der Waals surface area contributed by atoms with E-state index in [1.165, 1.54) is 84.9 Å². The van der Waals surface area contributed by atoms with Gasteiger partial charge in [0.2, 0.25) is 0 Å². The highest BCUT2D eigenvalue weighted by molar-refractivity contribution is 5.88. The lowest BCUT2D eigenvalue weighted by Gasteiger charge is -2.20. The van der Waals surface area contributed by atoms with Crippen molar-refractivity contribution in [3.05, 3.63) is 141 Å². The Balaban J connectivity index is 0.000000254. The van der Waals surface area contributed by atoms with E-state index in [4.69, 9.17) is 59.0 Å². The number of aromatic carboxylic acids is 3. The second kappa shape index (κ2) is 27.2. The number of carboxylic acid groups (broad SMARTS) is 3. The Bertz CT molecular complexity index is 3300. The van der Waals surface area contributed by atoms with Gasteiger partial charge in [0.05, 0.1) is 57.8 Å². The fraction of sp³-hybridized carbons (Fsp3) is 0.211. The molecule has 0 aliphatic carbocycles. The molecule has 0 fully saturated rings. The summed E-state index contributed by atoms with van der Waals surface area (Å²) in [5, 5.41) is 103. The fourth-order valence-corrected chi connectivity index (χ4v) is 6.50. The average molecular weight is 1060 g/mol. The largest absolute Gasteiger partial charge is 0.504 e. The van der Waals surface area contributed by atoms with Crippen LogP contribution in [0.3, 0.4) is 0 Å². The van der Waals surface area contributed by atoms with E-state index in [9.17, 15) is 45.6 Å². The third-order valence-electron chi connectivity index (χ3n) is 9.72. The summed E-state index contributed by atoms with van der Waals surface area (Å²) in [6, 6.07) is 31.9. The number of benzene rings is 6. The lowest BCUT2D eigenvalue weighted by Crippen LogP contribution is -2.13. The van der Waals surface area contributed by atoms with E-state index < -0.39 is 29.4 Å². The average Bonchev–Trinajstić information content (AvgIpc) is 3.43. The Hall–Kier alpha value is -11.1. The maximum Gasteiger partial charge on any atom is 0.335 e. The third-order valence-corrected chi connectivity index (χ3v) is 9.72. The SMILES string of the molecule is CC(C)Oc1cc(C#N)c(Oc2ccc(C(=O)O)cc2)c(C#N)c1OC(C)C.CC(C)Oc1cc(C#N)c(Oc2ccc(C(=O)O)cc2)c(C#N)c1OC(C)C.N#Cc1cc(O)c(O)c(C#N)c1Oc1ccc(C(=O)O)cc1. The Morgan fingerprint density at radius 3 is 0.897 bits per heavy atom. The maximum atomic E-state index is 11.0. The summed E-state index contributed by atoms with van der Waals surface area (Å²) < 4.78 is 39.9. The molecule has 0 aliphatic heterocycles. The van der Waals surface area contributed by atoms with Crippen LogP contribution >= 0.6 is 0 Å². The molecule has 0 saturated heterocycles. The molecule has 6 aromatic carbocycles. The van der Waals surface area contributed by atoms with Crippen LogP contribution in [-0.2, 0) is 0 Å². The van der Waals surface area contributed by atoms with Crippen LogP contribution in [0.4, 0.5) is 0 Å². The molecule has 0 radical (unpaired) electrons. The zero-order valence-corrected chi connectivity index (χ0v) is 43.0. The number of rotatable bonds is 17. The topological polar surface area (TPSA) is 360 Å². The van der Waals surface area contributed by atoms with Gasteiger partial charge >= 0.3 is 17.9 Å². The number of phenols is 2. The Kier molecular flexibility index (Phi) is 20.8. The van der Waals surface area contributed by atoms with Crippen LogP contribution in [-0.4, -0.2) is 67.9 Å². The summed E-state index contributed by atoms with van der Waals surface area (Å²) in [7, 11) is 0. The van der Waals surface area contributed by atoms with Crippen LogP contribution in [0.2, 0.25) is 0 Å². The van der Waals surface area contributed by atoms with Crippen LogP contribution in [0, 0.1) is 68.0 Å². The minimum atomic E-state index is -1.11. The lowest BCUT2D eigenvalue weighted by molar-refractivity contribution is 0.0686. The summed E-state index contributed by atoms with van der Waals surface area (Å²) in [6.07, 6.45) is -0.861. The highest BCUT2D eigenvalue weighted by Gasteiger charge is 2.27. The van der Waals surface area contributed by atoms with Crippen molar-refractivity contribution in [2.45, 2.75) is 79.8 Å². The molecule has 21 heteroatoms. The first-order chi connectivity index (χ1) is 37.0. The molecule has 21 nitrogen and oxygen atoms in total. The number of nitrogens with zero attached hydrogens (tertiary/aromatic N) is 6. The molecule has 0 saturated carbocycles. The van der Waals surface area contributed by atoms with Crippen molar-refractivity contribution in [1.29, 1.82) is 31.6 Å². The number of hydrogen-bond acceptors (Lipinski definition) is 18. The van der Waals surface area contributed by atoms with E-state index in [-0.39, 0.29) is 132 Å². The van der Waals surface area contributed by atoms with E-state index in [0.717, 1.165) is 6.07 Å². The molecule has 0 aromatic heterocycles. The molecule has 78 heavy (non-hydrogen) atoms. The van der Waals surface area contributed by atoms with Gasteiger partial charge in [-0.15, -0.1) is 0 Å². The second-order valence-electron chi connectivity index (χ2n) is 17.0. The normalized spacial score (nSPS) is 10.1.